The topological polar surface area (TPSA) is 20.3 Å². The van der Waals surface area contributed by atoms with Crippen LogP contribution in [0.5, 0.6) is 0 Å². The summed E-state index contributed by atoms with van der Waals surface area (Å²) in [5.41, 5.74) is 2.40. The first-order valence-electron chi connectivity index (χ1n) is 5.82. The van der Waals surface area contributed by atoms with Crippen LogP contribution >= 0.6 is 12.6 Å². The summed E-state index contributed by atoms with van der Waals surface area (Å²) < 4.78 is 0. The number of para-hydroxylation sites is 1. The van der Waals surface area contributed by atoms with Crippen LogP contribution in [0.1, 0.15) is 24.8 Å². The van der Waals surface area contributed by atoms with Crippen molar-refractivity contribution in [3.63, 3.8) is 0 Å². The normalized spacial score (nSPS) is 15.4. The quantitative estimate of drug-likeness (QED) is 0.781. The van der Waals surface area contributed by atoms with E-state index in [1.165, 1.54) is 12.0 Å². The number of hydrogen-bond acceptors (Lipinski definition) is 2. The molecule has 1 aromatic rings. The third-order valence-electron chi connectivity index (χ3n) is 2.99. The molecule has 0 spiro atoms. The molecule has 1 aromatic carbocycles. The predicted molar refractivity (Wildman–Crippen MR) is 70.2 cm³/mol. The molecule has 2 rings (SSSR count). The van der Waals surface area contributed by atoms with Gasteiger partial charge in [-0.1, -0.05) is 18.2 Å². The molecule has 0 radical (unpaired) electrons. The Morgan fingerprint density at radius 2 is 2.12 bits per heavy atom. The average Bonchev–Trinajstić information content (AvgIpc) is 2.51. The number of rotatable bonds is 2. The average molecular weight is 235 g/mol. The maximum Gasteiger partial charge on any atom is 0.227 e. The Bertz CT molecular complexity index is 378. The molecule has 1 aliphatic rings. The lowest BCUT2D eigenvalue weighted by atomic mass is 10.1. The number of thiol groups is 1. The zero-order chi connectivity index (χ0) is 11.4. The van der Waals surface area contributed by atoms with Crippen molar-refractivity contribution in [2.24, 2.45) is 0 Å². The van der Waals surface area contributed by atoms with Crippen LogP contribution in [0.2, 0.25) is 0 Å². The number of carbonyl (C=O) groups is 1. The van der Waals surface area contributed by atoms with E-state index in [0.29, 0.717) is 12.2 Å². The van der Waals surface area contributed by atoms with Gasteiger partial charge in [-0.15, -0.1) is 0 Å². The van der Waals surface area contributed by atoms with Gasteiger partial charge < -0.3 is 4.90 Å². The van der Waals surface area contributed by atoms with Crippen molar-refractivity contribution in [1.82, 2.24) is 0 Å². The minimum absolute atomic E-state index is 0.198. The molecule has 1 amide bonds. The fourth-order valence-corrected chi connectivity index (χ4v) is 2.37. The number of benzene rings is 1. The lowest BCUT2D eigenvalue weighted by molar-refractivity contribution is -0.118. The van der Waals surface area contributed by atoms with Crippen LogP contribution in [0.3, 0.4) is 0 Å². The molecule has 0 aliphatic carbocycles. The van der Waals surface area contributed by atoms with Crippen molar-refractivity contribution in [2.75, 3.05) is 17.2 Å². The number of carbonyl (C=O) groups excluding carboxylic acids is 1. The number of aryl methyl sites for hydroxylation is 1. The van der Waals surface area contributed by atoms with Gasteiger partial charge in [0, 0.05) is 18.7 Å². The van der Waals surface area contributed by atoms with Crippen LogP contribution in [-0.2, 0) is 11.2 Å². The minimum atomic E-state index is 0.198. The third kappa shape index (κ3) is 2.40. The minimum Gasteiger partial charge on any atom is -0.312 e. The Balaban J connectivity index is 2.28. The van der Waals surface area contributed by atoms with Gasteiger partial charge in [0.05, 0.1) is 0 Å². The molecule has 0 fully saturated rings. The molecule has 0 aromatic heterocycles. The number of anilines is 1. The molecule has 1 heterocycles. The van der Waals surface area contributed by atoms with Crippen molar-refractivity contribution in [1.29, 1.82) is 0 Å². The number of amides is 1. The van der Waals surface area contributed by atoms with Gasteiger partial charge >= 0.3 is 0 Å². The Kier molecular flexibility index (Phi) is 3.88. The van der Waals surface area contributed by atoms with E-state index in [9.17, 15) is 4.79 Å². The Morgan fingerprint density at radius 1 is 1.31 bits per heavy atom. The molecule has 0 atom stereocenters. The highest BCUT2D eigenvalue weighted by atomic mass is 32.1. The van der Waals surface area contributed by atoms with Crippen molar-refractivity contribution >= 4 is 24.2 Å². The number of hydrogen-bond donors (Lipinski definition) is 1. The fraction of sp³-hybridized carbons (Fsp3) is 0.462. The van der Waals surface area contributed by atoms with Crippen LogP contribution < -0.4 is 4.90 Å². The second-order valence-electron chi connectivity index (χ2n) is 4.10. The third-order valence-corrected chi connectivity index (χ3v) is 3.21. The first-order chi connectivity index (χ1) is 7.83. The van der Waals surface area contributed by atoms with E-state index in [2.05, 4.69) is 24.8 Å². The SMILES string of the molecule is O=C(CCS)N1CCCCc2ccccc21. The van der Waals surface area contributed by atoms with Crippen LogP contribution in [-0.4, -0.2) is 18.2 Å². The second-order valence-corrected chi connectivity index (χ2v) is 4.55. The van der Waals surface area contributed by atoms with Gasteiger partial charge in [-0.25, -0.2) is 0 Å². The summed E-state index contributed by atoms with van der Waals surface area (Å²) in [4.78, 5) is 13.9. The van der Waals surface area contributed by atoms with E-state index >= 15 is 0 Å². The van der Waals surface area contributed by atoms with Gasteiger partial charge in [-0.05, 0) is 36.6 Å². The zero-order valence-electron chi connectivity index (χ0n) is 9.35. The van der Waals surface area contributed by atoms with E-state index in [0.717, 1.165) is 25.1 Å². The predicted octanol–water partition coefficient (Wildman–Crippen LogP) is 2.68. The largest absolute Gasteiger partial charge is 0.312 e. The first kappa shape index (κ1) is 11.5. The first-order valence-corrected chi connectivity index (χ1v) is 6.45. The summed E-state index contributed by atoms with van der Waals surface area (Å²) in [5, 5.41) is 0. The molecular formula is C13H17NOS. The summed E-state index contributed by atoms with van der Waals surface area (Å²) in [6, 6.07) is 8.23. The monoisotopic (exact) mass is 235 g/mol. The molecule has 0 N–H and O–H groups in total. The highest BCUT2D eigenvalue weighted by molar-refractivity contribution is 7.80. The van der Waals surface area contributed by atoms with Crippen molar-refractivity contribution in [2.45, 2.75) is 25.7 Å². The molecule has 3 heteroatoms. The second kappa shape index (κ2) is 5.39. The fourth-order valence-electron chi connectivity index (χ4n) is 2.18. The van der Waals surface area contributed by atoms with Crippen LogP contribution in [0.25, 0.3) is 0 Å². The van der Waals surface area contributed by atoms with Gasteiger partial charge in [0.15, 0.2) is 0 Å². The summed E-state index contributed by atoms with van der Waals surface area (Å²) in [5.74, 6) is 0.821. The maximum atomic E-state index is 12.0. The number of nitrogens with zero attached hydrogens (tertiary/aromatic N) is 1. The van der Waals surface area contributed by atoms with E-state index in [1.54, 1.807) is 0 Å². The van der Waals surface area contributed by atoms with Crippen molar-refractivity contribution in [3.8, 4) is 0 Å². The van der Waals surface area contributed by atoms with Gasteiger partial charge in [0.1, 0.15) is 0 Å². The number of fused-ring (bicyclic) bond motifs is 1. The summed E-state index contributed by atoms with van der Waals surface area (Å²) in [7, 11) is 0. The van der Waals surface area contributed by atoms with Crippen LogP contribution in [0.4, 0.5) is 5.69 Å². The molecule has 2 nitrogen and oxygen atoms in total. The Morgan fingerprint density at radius 3 is 2.94 bits per heavy atom. The molecule has 0 saturated carbocycles. The van der Waals surface area contributed by atoms with Gasteiger partial charge in [-0.2, -0.15) is 12.6 Å². The van der Waals surface area contributed by atoms with Crippen LogP contribution in [0, 0.1) is 0 Å². The van der Waals surface area contributed by atoms with Crippen LogP contribution in [0.15, 0.2) is 24.3 Å². The van der Waals surface area contributed by atoms with Gasteiger partial charge in [0.25, 0.3) is 0 Å². The molecule has 0 bridgehead atoms. The van der Waals surface area contributed by atoms with Gasteiger partial charge in [0.2, 0.25) is 5.91 Å². The summed E-state index contributed by atoms with van der Waals surface area (Å²) in [6.07, 6.45) is 3.87. The van der Waals surface area contributed by atoms with Crippen molar-refractivity contribution < 1.29 is 4.79 Å². The standard InChI is InChI=1S/C13H17NOS/c15-13(8-10-16)14-9-4-3-6-11-5-1-2-7-12(11)14/h1-2,5,7,16H,3-4,6,8-10H2. The van der Waals surface area contributed by atoms with E-state index in [4.69, 9.17) is 0 Å². The molecule has 1 aliphatic heterocycles. The van der Waals surface area contributed by atoms with E-state index < -0.39 is 0 Å². The molecular weight excluding hydrogens is 218 g/mol. The zero-order valence-corrected chi connectivity index (χ0v) is 10.2. The Labute approximate surface area is 102 Å². The summed E-state index contributed by atoms with van der Waals surface area (Å²) >= 11 is 4.13. The van der Waals surface area contributed by atoms with E-state index in [-0.39, 0.29) is 5.91 Å². The molecule has 0 unspecified atom stereocenters. The highest BCUT2D eigenvalue weighted by Crippen LogP contribution is 2.26. The smallest absolute Gasteiger partial charge is 0.227 e. The van der Waals surface area contributed by atoms with Gasteiger partial charge in [-0.3, -0.25) is 4.79 Å². The van der Waals surface area contributed by atoms with E-state index in [1.807, 2.05) is 17.0 Å². The molecule has 0 saturated heterocycles. The molecule has 16 heavy (non-hydrogen) atoms. The Hall–Kier alpha value is -0.960. The summed E-state index contributed by atoms with van der Waals surface area (Å²) in [6.45, 7) is 0.851. The lowest BCUT2D eigenvalue weighted by Gasteiger charge is -2.22. The van der Waals surface area contributed by atoms with Crippen molar-refractivity contribution in [3.05, 3.63) is 29.8 Å². The maximum absolute atomic E-state index is 12.0. The lowest BCUT2D eigenvalue weighted by Crippen LogP contribution is -2.31. The molecule has 86 valence electrons. The highest BCUT2D eigenvalue weighted by Gasteiger charge is 2.19.